The van der Waals surface area contributed by atoms with Crippen molar-refractivity contribution in [3.05, 3.63) is 27.6 Å². The molecule has 0 saturated carbocycles. The molecule has 2 amide bonds. The van der Waals surface area contributed by atoms with Crippen LogP contribution < -0.4 is 9.47 Å². The number of benzene rings is 1. The molecule has 1 saturated heterocycles. The van der Waals surface area contributed by atoms with Crippen LogP contribution in [0.1, 0.15) is 12.5 Å². The van der Waals surface area contributed by atoms with Crippen LogP contribution in [-0.4, -0.2) is 42.0 Å². The number of nitrogens with zero attached hydrogens (tertiary/aromatic N) is 1. The standard InChI is InChI=1S/C15H12ClNO6S/c1-7(14(19)21-2)17-13(18)12(24-15(17)20)4-8-3-10-11(5-9(8)16)23-6-22-10/h3-5,7H,6H2,1-2H3/b12-4+/t7-/m1/s1. The number of thioether (sulfide) groups is 1. The van der Waals surface area contributed by atoms with Crippen molar-refractivity contribution < 1.29 is 28.6 Å². The first kappa shape index (κ1) is 16.7. The maximum atomic E-state index is 12.4. The third kappa shape index (κ3) is 2.83. The quantitative estimate of drug-likeness (QED) is 0.598. The van der Waals surface area contributed by atoms with Crippen molar-refractivity contribution in [2.45, 2.75) is 13.0 Å². The molecule has 2 aliphatic rings. The minimum atomic E-state index is -0.999. The molecular weight excluding hydrogens is 358 g/mol. The molecule has 1 aromatic rings. The van der Waals surface area contributed by atoms with E-state index in [9.17, 15) is 14.4 Å². The van der Waals surface area contributed by atoms with E-state index in [2.05, 4.69) is 4.74 Å². The van der Waals surface area contributed by atoms with E-state index in [0.29, 0.717) is 22.1 Å². The highest BCUT2D eigenvalue weighted by Crippen LogP contribution is 2.40. The van der Waals surface area contributed by atoms with Crippen LogP contribution in [0.5, 0.6) is 11.5 Å². The molecule has 0 aliphatic carbocycles. The van der Waals surface area contributed by atoms with Crippen LogP contribution in [0.3, 0.4) is 0 Å². The number of carbonyl (C=O) groups is 3. The molecule has 0 spiro atoms. The van der Waals surface area contributed by atoms with Gasteiger partial charge in [0.05, 0.1) is 17.0 Å². The van der Waals surface area contributed by atoms with E-state index in [1.807, 2.05) is 0 Å². The number of halogens is 1. The first-order chi connectivity index (χ1) is 11.4. The predicted molar refractivity (Wildman–Crippen MR) is 86.9 cm³/mol. The van der Waals surface area contributed by atoms with Gasteiger partial charge in [0.1, 0.15) is 6.04 Å². The highest BCUT2D eigenvalue weighted by atomic mass is 35.5. The highest BCUT2D eigenvalue weighted by Gasteiger charge is 2.41. The van der Waals surface area contributed by atoms with Crippen molar-refractivity contribution in [2.24, 2.45) is 0 Å². The van der Waals surface area contributed by atoms with E-state index < -0.39 is 23.2 Å². The Hall–Kier alpha value is -2.19. The molecular formula is C15H12ClNO6S. The van der Waals surface area contributed by atoms with Gasteiger partial charge in [0, 0.05) is 6.07 Å². The summed E-state index contributed by atoms with van der Waals surface area (Å²) in [5.41, 5.74) is 0.511. The number of hydrogen-bond donors (Lipinski definition) is 0. The van der Waals surface area contributed by atoms with Gasteiger partial charge in [-0.25, -0.2) is 4.79 Å². The van der Waals surface area contributed by atoms with Crippen LogP contribution in [-0.2, 0) is 14.3 Å². The molecule has 0 radical (unpaired) electrons. The number of amides is 2. The molecule has 0 bridgehead atoms. The maximum Gasteiger partial charge on any atom is 0.328 e. The Kier molecular flexibility index (Phi) is 4.42. The molecule has 126 valence electrons. The number of rotatable bonds is 3. The molecule has 7 nitrogen and oxygen atoms in total. The fraction of sp³-hybridized carbons (Fsp3) is 0.267. The second-order valence-electron chi connectivity index (χ2n) is 4.98. The number of ether oxygens (including phenoxy) is 3. The van der Waals surface area contributed by atoms with Gasteiger partial charge in [-0.1, -0.05) is 11.6 Å². The summed E-state index contributed by atoms with van der Waals surface area (Å²) in [6.07, 6.45) is 1.49. The number of methoxy groups -OCH3 is 1. The Morgan fingerprint density at radius 3 is 2.71 bits per heavy atom. The summed E-state index contributed by atoms with van der Waals surface area (Å²) in [4.78, 5) is 37.1. The number of imide groups is 1. The molecule has 24 heavy (non-hydrogen) atoms. The second kappa shape index (κ2) is 6.37. The predicted octanol–water partition coefficient (Wildman–Crippen LogP) is 2.67. The first-order valence-electron chi connectivity index (χ1n) is 6.86. The van der Waals surface area contributed by atoms with Gasteiger partial charge < -0.3 is 14.2 Å². The van der Waals surface area contributed by atoms with Gasteiger partial charge >= 0.3 is 5.97 Å². The summed E-state index contributed by atoms with van der Waals surface area (Å²) in [6.45, 7) is 1.53. The van der Waals surface area contributed by atoms with E-state index >= 15 is 0 Å². The fourth-order valence-corrected chi connectivity index (χ4v) is 3.38. The average molecular weight is 370 g/mol. The number of hydrogen-bond acceptors (Lipinski definition) is 7. The normalized spacial score (nSPS) is 19.1. The van der Waals surface area contributed by atoms with Crippen molar-refractivity contribution in [1.29, 1.82) is 0 Å². The Balaban J connectivity index is 1.91. The Labute approximate surface area is 146 Å². The fourth-order valence-electron chi connectivity index (χ4n) is 2.27. The van der Waals surface area contributed by atoms with E-state index in [1.54, 1.807) is 12.1 Å². The van der Waals surface area contributed by atoms with Crippen LogP contribution in [0.2, 0.25) is 5.02 Å². The van der Waals surface area contributed by atoms with E-state index in [0.717, 1.165) is 16.7 Å². The summed E-state index contributed by atoms with van der Waals surface area (Å²) < 4.78 is 15.1. The zero-order chi connectivity index (χ0) is 17.4. The lowest BCUT2D eigenvalue weighted by Crippen LogP contribution is -2.42. The largest absolute Gasteiger partial charge is 0.467 e. The van der Waals surface area contributed by atoms with Gasteiger partial charge in [-0.2, -0.15) is 0 Å². The lowest BCUT2D eigenvalue weighted by atomic mass is 10.1. The molecule has 1 aromatic carbocycles. The van der Waals surface area contributed by atoms with Gasteiger partial charge in [0.25, 0.3) is 11.1 Å². The van der Waals surface area contributed by atoms with E-state index in [4.69, 9.17) is 21.1 Å². The number of fused-ring (bicyclic) bond motifs is 1. The molecule has 0 aromatic heterocycles. The van der Waals surface area contributed by atoms with Crippen LogP contribution in [0.4, 0.5) is 4.79 Å². The van der Waals surface area contributed by atoms with Crippen molar-refractivity contribution in [3.8, 4) is 11.5 Å². The molecule has 1 atom stereocenters. The van der Waals surface area contributed by atoms with Crippen LogP contribution in [0, 0.1) is 0 Å². The zero-order valence-corrected chi connectivity index (χ0v) is 14.3. The number of carbonyl (C=O) groups excluding carboxylic acids is 3. The molecule has 3 rings (SSSR count). The van der Waals surface area contributed by atoms with Crippen molar-refractivity contribution in [1.82, 2.24) is 4.90 Å². The smallest absolute Gasteiger partial charge is 0.328 e. The van der Waals surface area contributed by atoms with E-state index in [-0.39, 0.29) is 11.7 Å². The molecule has 0 N–H and O–H groups in total. The van der Waals surface area contributed by atoms with Crippen LogP contribution >= 0.6 is 23.4 Å². The molecule has 2 aliphatic heterocycles. The molecule has 9 heteroatoms. The maximum absolute atomic E-state index is 12.4. The van der Waals surface area contributed by atoms with Gasteiger partial charge in [-0.05, 0) is 36.4 Å². The van der Waals surface area contributed by atoms with Gasteiger partial charge in [0.15, 0.2) is 11.5 Å². The van der Waals surface area contributed by atoms with Crippen molar-refractivity contribution in [2.75, 3.05) is 13.9 Å². The monoisotopic (exact) mass is 369 g/mol. The highest BCUT2D eigenvalue weighted by molar-refractivity contribution is 8.18. The summed E-state index contributed by atoms with van der Waals surface area (Å²) >= 11 is 6.90. The summed E-state index contributed by atoms with van der Waals surface area (Å²) in [5, 5.41) is -0.187. The Morgan fingerprint density at radius 2 is 2.04 bits per heavy atom. The SMILES string of the molecule is COC(=O)[C@@H](C)N1C(=O)S/C(=C/c2cc3c(cc2Cl)OCO3)C1=O. The zero-order valence-electron chi connectivity index (χ0n) is 12.7. The minimum absolute atomic E-state index is 0.0995. The topological polar surface area (TPSA) is 82.1 Å². The van der Waals surface area contributed by atoms with Gasteiger partial charge in [-0.15, -0.1) is 0 Å². The third-order valence-corrected chi connectivity index (χ3v) is 4.74. The summed E-state index contributed by atoms with van der Waals surface area (Å²) in [7, 11) is 1.19. The Morgan fingerprint density at radius 1 is 1.38 bits per heavy atom. The lowest BCUT2D eigenvalue weighted by molar-refractivity contribution is -0.148. The van der Waals surface area contributed by atoms with Crippen molar-refractivity contribution >= 4 is 46.6 Å². The van der Waals surface area contributed by atoms with Crippen LogP contribution in [0.25, 0.3) is 6.08 Å². The van der Waals surface area contributed by atoms with Gasteiger partial charge in [0.2, 0.25) is 6.79 Å². The summed E-state index contributed by atoms with van der Waals surface area (Å²) in [6, 6.07) is 2.21. The summed E-state index contributed by atoms with van der Waals surface area (Å²) in [5.74, 6) is -0.214. The molecule has 0 unspecified atom stereocenters. The second-order valence-corrected chi connectivity index (χ2v) is 6.38. The molecule has 1 fully saturated rings. The van der Waals surface area contributed by atoms with Crippen molar-refractivity contribution in [3.63, 3.8) is 0 Å². The minimum Gasteiger partial charge on any atom is -0.467 e. The average Bonchev–Trinajstić information content (AvgIpc) is 3.10. The first-order valence-corrected chi connectivity index (χ1v) is 8.06. The number of esters is 1. The molecule has 2 heterocycles. The van der Waals surface area contributed by atoms with Gasteiger partial charge in [-0.3, -0.25) is 14.5 Å². The van der Waals surface area contributed by atoms with Crippen LogP contribution in [0.15, 0.2) is 17.0 Å². The Bertz CT molecular complexity index is 777. The third-order valence-electron chi connectivity index (χ3n) is 3.53. The van der Waals surface area contributed by atoms with E-state index in [1.165, 1.54) is 20.1 Å². The lowest BCUT2D eigenvalue weighted by Gasteiger charge is -2.18.